The van der Waals surface area contributed by atoms with Gasteiger partial charge in [0.15, 0.2) is 12.1 Å². The number of ketones is 1. The smallest absolute Gasteiger partial charge is 0.170 e. The summed E-state index contributed by atoms with van der Waals surface area (Å²) in [4.78, 5) is 13.3. The molecule has 4 bridgehead atoms. The second-order valence-electron chi connectivity index (χ2n) is 9.93. The van der Waals surface area contributed by atoms with Crippen molar-refractivity contribution in [3.8, 4) is 0 Å². The van der Waals surface area contributed by atoms with Gasteiger partial charge < -0.3 is 25.2 Å². The zero-order chi connectivity index (χ0) is 18.8. The van der Waals surface area contributed by atoms with Crippen molar-refractivity contribution in [1.29, 1.82) is 0 Å². The van der Waals surface area contributed by atoms with Crippen LogP contribution in [0.25, 0.3) is 0 Å². The molecule has 0 unspecified atom stereocenters. The van der Waals surface area contributed by atoms with Gasteiger partial charge in [0.2, 0.25) is 0 Å². The quantitative estimate of drug-likeness (QED) is 0.463. The fourth-order valence-electron chi connectivity index (χ4n) is 7.83. The number of fused-ring (bicyclic) bond motifs is 2. The first kappa shape index (κ1) is 17.3. The van der Waals surface area contributed by atoms with Crippen LogP contribution in [0.3, 0.4) is 0 Å². The first-order chi connectivity index (χ1) is 12.1. The lowest BCUT2D eigenvalue weighted by Gasteiger charge is -2.73. The van der Waals surface area contributed by atoms with E-state index in [1.54, 1.807) is 0 Å². The molecule has 0 aromatic rings. The Morgan fingerprint density at radius 3 is 2.54 bits per heavy atom. The minimum atomic E-state index is -1.30. The molecule has 10 atom stereocenters. The number of Topliss-reactive ketones (excluding diaryl/α,β-unsaturated/α-hetero) is 1. The summed E-state index contributed by atoms with van der Waals surface area (Å²) in [5, 5.41) is 44.4. The molecule has 144 valence electrons. The van der Waals surface area contributed by atoms with Crippen LogP contribution in [-0.2, 0) is 9.53 Å². The molecule has 0 aromatic carbocycles. The van der Waals surface area contributed by atoms with E-state index in [4.69, 9.17) is 4.74 Å². The predicted octanol–water partition coefficient (Wildman–Crippen LogP) is 0.374. The summed E-state index contributed by atoms with van der Waals surface area (Å²) < 4.78 is 5.90. The highest BCUT2D eigenvalue weighted by molar-refractivity contribution is 6.04. The molecular weight excluding hydrogens is 336 g/mol. The molecule has 0 amide bonds. The van der Waals surface area contributed by atoms with Crippen molar-refractivity contribution in [2.75, 3.05) is 0 Å². The Morgan fingerprint density at radius 2 is 1.85 bits per heavy atom. The number of carbonyl (C=O) groups excluding carboxylic acids is 1. The lowest BCUT2D eigenvalue weighted by Crippen LogP contribution is -2.80. The minimum Gasteiger partial charge on any atom is -0.393 e. The molecule has 4 aliphatic carbocycles. The summed E-state index contributed by atoms with van der Waals surface area (Å²) in [6.45, 7) is 8.14. The molecule has 2 heterocycles. The van der Waals surface area contributed by atoms with Gasteiger partial charge in [0, 0.05) is 11.8 Å². The van der Waals surface area contributed by atoms with Crippen molar-refractivity contribution in [3.63, 3.8) is 0 Å². The van der Waals surface area contributed by atoms with Gasteiger partial charge in [-0.25, -0.2) is 0 Å². The molecule has 6 nitrogen and oxygen atoms in total. The maximum absolute atomic E-state index is 13.3. The van der Waals surface area contributed by atoms with Crippen LogP contribution in [0.15, 0.2) is 12.2 Å². The highest BCUT2D eigenvalue weighted by Crippen LogP contribution is 2.75. The molecule has 4 N–H and O–H groups in total. The Balaban J connectivity index is 1.79. The van der Waals surface area contributed by atoms with Crippen molar-refractivity contribution < 1.29 is 30.0 Å². The van der Waals surface area contributed by atoms with Crippen LogP contribution in [0.5, 0.6) is 0 Å². The van der Waals surface area contributed by atoms with Crippen LogP contribution in [0.1, 0.15) is 39.5 Å². The topological polar surface area (TPSA) is 107 Å². The lowest BCUT2D eigenvalue weighted by atomic mass is 9.36. The Hall–Kier alpha value is -0.790. The first-order valence-corrected chi connectivity index (χ1v) is 9.72. The van der Waals surface area contributed by atoms with Crippen LogP contribution in [0.2, 0.25) is 0 Å². The number of aliphatic hydroxyl groups is 4. The maximum Gasteiger partial charge on any atom is 0.170 e. The second kappa shape index (κ2) is 4.78. The molecule has 2 aliphatic heterocycles. The Kier molecular flexibility index (Phi) is 3.19. The predicted molar refractivity (Wildman–Crippen MR) is 90.6 cm³/mol. The van der Waals surface area contributed by atoms with Crippen molar-refractivity contribution in [1.82, 2.24) is 0 Å². The van der Waals surface area contributed by atoms with Crippen LogP contribution in [-0.4, -0.2) is 56.9 Å². The third-order valence-corrected chi connectivity index (χ3v) is 8.83. The van der Waals surface area contributed by atoms with Gasteiger partial charge >= 0.3 is 0 Å². The van der Waals surface area contributed by atoms with Crippen molar-refractivity contribution in [2.24, 2.45) is 34.0 Å². The number of aliphatic hydroxyl groups excluding tert-OH is 4. The lowest BCUT2D eigenvalue weighted by molar-refractivity contribution is -0.411. The van der Waals surface area contributed by atoms with Gasteiger partial charge in [0.25, 0.3) is 0 Å². The molecule has 4 saturated carbocycles. The molecule has 2 spiro atoms. The second-order valence-corrected chi connectivity index (χ2v) is 9.93. The zero-order valence-electron chi connectivity index (χ0n) is 15.3. The molecule has 6 rings (SSSR count). The molecule has 2 saturated heterocycles. The molecule has 26 heavy (non-hydrogen) atoms. The molecule has 0 radical (unpaired) electrons. The van der Waals surface area contributed by atoms with E-state index >= 15 is 0 Å². The number of rotatable bonds is 0. The van der Waals surface area contributed by atoms with Gasteiger partial charge in [-0.05, 0) is 42.6 Å². The third-order valence-electron chi connectivity index (χ3n) is 8.83. The van der Waals surface area contributed by atoms with E-state index in [9.17, 15) is 25.2 Å². The SMILES string of the molecule is C=C1C(=O)[C@]23[C@H]4C[C@@H]5C(C)(C)CC[C@@H](O)[C@@]5([C@@H](O)O4)[C@H]2[C@H](O)C[C@@H]1[C@@H]3O. The summed E-state index contributed by atoms with van der Waals surface area (Å²) in [5.74, 6) is -1.54. The van der Waals surface area contributed by atoms with Crippen molar-refractivity contribution >= 4 is 5.78 Å². The summed E-state index contributed by atoms with van der Waals surface area (Å²) >= 11 is 0. The average Bonchev–Trinajstić information content (AvgIpc) is 2.70. The third kappa shape index (κ3) is 1.51. The van der Waals surface area contributed by atoms with Gasteiger partial charge in [-0.15, -0.1) is 0 Å². The van der Waals surface area contributed by atoms with E-state index in [-0.39, 0.29) is 23.5 Å². The van der Waals surface area contributed by atoms with Crippen LogP contribution >= 0.6 is 0 Å². The number of ether oxygens (including phenoxy) is 1. The van der Waals surface area contributed by atoms with Crippen LogP contribution in [0, 0.1) is 34.0 Å². The highest BCUT2D eigenvalue weighted by atomic mass is 16.6. The maximum atomic E-state index is 13.3. The standard InChI is InChI=1S/C20H28O6/c1-8-9-6-10(21)14-19-11(18(2,3)5-4-12(19)22)7-13(26-17(19)25)20(14,15(8)23)16(9)24/h9-14,16-17,21-22,24-25H,1,4-7H2,2-3H3/t9-,10+,11+,12+,13+,14+,16-,17-,19+,20-/m0/s1. The molecule has 0 aromatic heterocycles. The Morgan fingerprint density at radius 1 is 1.15 bits per heavy atom. The largest absolute Gasteiger partial charge is 0.393 e. The molecular formula is C20H28O6. The highest BCUT2D eigenvalue weighted by Gasteiger charge is 2.83. The fraction of sp³-hybridized carbons (Fsp3) is 0.850. The van der Waals surface area contributed by atoms with Gasteiger partial charge in [-0.2, -0.15) is 0 Å². The molecule has 6 aliphatic rings. The summed E-state index contributed by atoms with van der Waals surface area (Å²) in [7, 11) is 0. The average molecular weight is 364 g/mol. The van der Waals surface area contributed by atoms with E-state index in [0.717, 1.165) is 6.42 Å². The summed E-state index contributed by atoms with van der Waals surface area (Å²) in [6, 6.07) is 0. The van der Waals surface area contributed by atoms with E-state index in [1.807, 2.05) is 0 Å². The van der Waals surface area contributed by atoms with E-state index in [0.29, 0.717) is 18.4 Å². The van der Waals surface area contributed by atoms with Gasteiger partial charge in [0.05, 0.1) is 35.2 Å². The summed E-state index contributed by atoms with van der Waals surface area (Å²) in [6.07, 6.45) is -2.67. The van der Waals surface area contributed by atoms with Crippen molar-refractivity contribution in [3.05, 3.63) is 12.2 Å². The summed E-state index contributed by atoms with van der Waals surface area (Å²) in [5.41, 5.74) is -2.27. The van der Waals surface area contributed by atoms with Gasteiger partial charge in [0.1, 0.15) is 0 Å². The first-order valence-electron chi connectivity index (χ1n) is 9.72. The molecule has 6 fully saturated rings. The number of carbonyl (C=O) groups is 1. The van der Waals surface area contributed by atoms with Crippen LogP contribution in [0.4, 0.5) is 0 Å². The van der Waals surface area contributed by atoms with Crippen LogP contribution < -0.4 is 0 Å². The molecule has 6 heteroatoms. The van der Waals surface area contributed by atoms with Crippen molar-refractivity contribution in [2.45, 2.75) is 70.2 Å². The minimum absolute atomic E-state index is 0.0943. The normalized spacial score (nSPS) is 59.9. The number of hydrogen-bond acceptors (Lipinski definition) is 6. The monoisotopic (exact) mass is 364 g/mol. The van der Waals surface area contributed by atoms with Gasteiger partial charge in [-0.1, -0.05) is 20.4 Å². The Bertz CT molecular complexity index is 696. The van der Waals surface area contributed by atoms with E-state index in [2.05, 4.69) is 20.4 Å². The van der Waals surface area contributed by atoms with E-state index < -0.39 is 53.4 Å². The number of hydrogen-bond donors (Lipinski definition) is 4. The van der Waals surface area contributed by atoms with Gasteiger partial charge in [-0.3, -0.25) is 4.79 Å². The zero-order valence-corrected chi connectivity index (χ0v) is 15.3. The van der Waals surface area contributed by atoms with E-state index in [1.165, 1.54) is 0 Å². The fourth-order valence-corrected chi connectivity index (χ4v) is 7.83. The Labute approximate surface area is 152 Å².